The van der Waals surface area contributed by atoms with Gasteiger partial charge in [-0.1, -0.05) is 0 Å². The summed E-state index contributed by atoms with van der Waals surface area (Å²) in [7, 11) is -3.67. The molecule has 0 bridgehead atoms. The number of alkyl halides is 3. The van der Waals surface area contributed by atoms with Crippen LogP contribution < -0.4 is 5.32 Å². The lowest BCUT2D eigenvalue weighted by atomic mass is 9.91. The van der Waals surface area contributed by atoms with Gasteiger partial charge in [-0.15, -0.1) is 0 Å². The van der Waals surface area contributed by atoms with Gasteiger partial charge in [-0.05, 0) is 12.8 Å². The number of halogens is 3. The third-order valence-corrected chi connectivity index (χ3v) is 4.64. The largest absolute Gasteiger partial charge is 0.481 e. The van der Waals surface area contributed by atoms with Gasteiger partial charge >= 0.3 is 18.1 Å². The topological polar surface area (TPSA) is 101 Å². The number of amides is 1. The van der Waals surface area contributed by atoms with Crippen LogP contribution in [0.3, 0.4) is 0 Å². The van der Waals surface area contributed by atoms with Crippen LogP contribution in [0.1, 0.15) is 19.3 Å². The SMILES string of the molecule is O=C(O)CC1(NC(=O)C(F)(F)F)CCCS(=O)(=O)C1. The molecule has 1 heterocycles. The van der Waals surface area contributed by atoms with Crippen LogP contribution >= 0.6 is 0 Å². The Morgan fingerprint density at radius 2 is 1.89 bits per heavy atom. The van der Waals surface area contributed by atoms with Gasteiger partial charge in [0, 0.05) is 0 Å². The first kappa shape index (κ1) is 15.7. The fraction of sp³-hybridized carbons (Fsp3) is 0.778. The van der Waals surface area contributed by atoms with Crippen molar-refractivity contribution >= 4 is 21.7 Å². The number of sulfone groups is 1. The van der Waals surface area contributed by atoms with Gasteiger partial charge in [0.15, 0.2) is 9.84 Å². The van der Waals surface area contributed by atoms with Crippen molar-refractivity contribution in [1.29, 1.82) is 0 Å². The number of aliphatic carboxylic acids is 1. The van der Waals surface area contributed by atoms with Crippen molar-refractivity contribution in [3.05, 3.63) is 0 Å². The van der Waals surface area contributed by atoms with E-state index in [1.165, 1.54) is 5.32 Å². The predicted octanol–water partition coefficient (Wildman–Crippen LogP) is 0.0870. The zero-order valence-corrected chi connectivity index (χ0v) is 10.5. The van der Waals surface area contributed by atoms with E-state index in [0.717, 1.165) is 0 Å². The molecule has 1 unspecified atom stereocenters. The highest BCUT2D eigenvalue weighted by Crippen LogP contribution is 2.28. The van der Waals surface area contributed by atoms with Gasteiger partial charge in [-0.25, -0.2) is 8.42 Å². The molecule has 1 rings (SSSR count). The van der Waals surface area contributed by atoms with Crippen molar-refractivity contribution in [1.82, 2.24) is 5.32 Å². The minimum absolute atomic E-state index is 0.00769. The Morgan fingerprint density at radius 1 is 1.32 bits per heavy atom. The van der Waals surface area contributed by atoms with Crippen molar-refractivity contribution < 1.29 is 36.3 Å². The number of carboxylic acids is 1. The number of carbonyl (C=O) groups is 2. The highest BCUT2D eigenvalue weighted by atomic mass is 32.2. The van der Waals surface area contributed by atoms with Gasteiger partial charge in [0.2, 0.25) is 0 Å². The number of rotatable bonds is 3. The van der Waals surface area contributed by atoms with Crippen LogP contribution in [-0.4, -0.2) is 48.6 Å². The standard InChI is InChI=1S/C9H12F3NO5S/c10-9(11,12)7(16)13-8(4-6(14)15)2-1-3-19(17,18)5-8/h1-5H2,(H,13,16)(H,14,15). The van der Waals surface area contributed by atoms with E-state index >= 15 is 0 Å². The summed E-state index contributed by atoms with van der Waals surface area (Å²) in [6.45, 7) is 0. The monoisotopic (exact) mass is 303 g/mol. The predicted molar refractivity (Wildman–Crippen MR) is 57.1 cm³/mol. The zero-order chi connectivity index (χ0) is 14.9. The Bertz CT molecular complexity index is 487. The second-order valence-electron chi connectivity index (χ2n) is 4.50. The Morgan fingerprint density at radius 3 is 2.32 bits per heavy atom. The number of carboxylic acid groups (broad SMARTS) is 1. The molecule has 6 nitrogen and oxygen atoms in total. The lowest BCUT2D eigenvalue weighted by Crippen LogP contribution is -2.59. The average molecular weight is 303 g/mol. The lowest BCUT2D eigenvalue weighted by Gasteiger charge is -2.36. The van der Waals surface area contributed by atoms with E-state index in [4.69, 9.17) is 5.11 Å². The minimum atomic E-state index is -5.19. The summed E-state index contributed by atoms with van der Waals surface area (Å²) in [4.78, 5) is 21.6. The highest BCUT2D eigenvalue weighted by molar-refractivity contribution is 7.91. The van der Waals surface area contributed by atoms with Crippen molar-refractivity contribution in [3.8, 4) is 0 Å². The Balaban J connectivity index is 3.00. The molecule has 110 valence electrons. The molecule has 1 amide bonds. The second-order valence-corrected chi connectivity index (χ2v) is 6.68. The van der Waals surface area contributed by atoms with Gasteiger partial charge in [0.05, 0.1) is 23.5 Å². The quantitative estimate of drug-likeness (QED) is 0.769. The normalized spacial score (nSPS) is 26.7. The summed E-state index contributed by atoms with van der Waals surface area (Å²) in [5, 5.41) is 10.2. The van der Waals surface area contributed by atoms with Crippen LogP contribution in [0.4, 0.5) is 13.2 Å². The van der Waals surface area contributed by atoms with Crippen LogP contribution in [0.15, 0.2) is 0 Å². The molecule has 19 heavy (non-hydrogen) atoms. The van der Waals surface area contributed by atoms with Crippen LogP contribution in [0, 0.1) is 0 Å². The first-order valence-corrected chi connectivity index (χ1v) is 7.10. The third-order valence-electron chi connectivity index (χ3n) is 2.73. The molecular weight excluding hydrogens is 291 g/mol. The average Bonchev–Trinajstić information content (AvgIpc) is 2.11. The van der Waals surface area contributed by atoms with Gasteiger partial charge in [0.25, 0.3) is 0 Å². The summed E-state index contributed by atoms with van der Waals surface area (Å²) in [6.07, 6.45) is -6.17. The van der Waals surface area contributed by atoms with E-state index in [1.54, 1.807) is 0 Å². The summed E-state index contributed by atoms with van der Waals surface area (Å²) in [5.74, 6) is -4.82. The van der Waals surface area contributed by atoms with Gasteiger partial charge in [-0.2, -0.15) is 13.2 Å². The fourth-order valence-electron chi connectivity index (χ4n) is 2.08. The van der Waals surface area contributed by atoms with Crippen LogP contribution in [0.25, 0.3) is 0 Å². The maximum absolute atomic E-state index is 12.2. The molecule has 0 aromatic heterocycles. The Hall–Kier alpha value is -1.32. The number of nitrogens with one attached hydrogen (secondary N) is 1. The van der Waals surface area contributed by atoms with Crippen molar-refractivity contribution in [2.24, 2.45) is 0 Å². The van der Waals surface area contributed by atoms with Crippen LogP contribution in [0.2, 0.25) is 0 Å². The molecule has 1 aliphatic heterocycles. The van der Waals surface area contributed by atoms with E-state index in [1.807, 2.05) is 0 Å². The molecule has 2 N–H and O–H groups in total. The molecule has 1 aliphatic rings. The maximum Gasteiger partial charge on any atom is 0.471 e. The maximum atomic E-state index is 12.2. The minimum Gasteiger partial charge on any atom is -0.481 e. The van der Waals surface area contributed by atoms with Gasteiger partial charge in [-0.3, -0.25) is 9.59 Å². The van der Waals surface area contributed by atoms with E-state index < -0.39 is 45.6 Å². The smallest absolute Gasteiger partial charge is 0.471 e. The summed E-state index contributed by atoms with van der Waals surface area (Å²) < 4.78 is 59.5. The fourth-order valence-corrected chi connectivity index (χ4v) is 3.97. The number of hydrogen-bond acceptors (Lipinski definition) is 4. The highest BCUT2D eigenvalue weighted by Gasteiger charge is 2.47. The van der Waals surface area contributed by atoms with E-state index in [-0.39, 0.29) is 18.6 Å². The molecule has 10 heteroatoms. The van der Waals surface area contributed by atoms with Gasteiger partial charge < -0.3 is 10.4 Å². The van der Waals surface area contributed by atoms with Crippen LogP contribution in [-0.2, 0) is 19.4 Å². The number of hydrogen-bond donors (Lipinski definition) is 2. The van der Waals surface area contributed by atoms with E-state index in [9.17, 15) is 31.2 Å². The van der Waals surface area contributed by atoms with E-state index in [0.29, 0.717) is 0 Å². The first-order chi connectivity index (χ1) is 8.46. The summed E-state index contributed by atoms with van der Waals surface area (Å²) in [5.41, 5.74) is -1.89. The first-order valence-electron chi connectivity index (χ1n) is 5.27. The van der Waals surface area contributed by atoms with Crippen molar-refractivity contribution in [2.75, 3.05) is 11.5 Å². The summed E-state index contributed by atoms with van der Waals surface area (Å²) in [6, 6.07) is 0. The lowest BCUT2D eigenvalue weighted by molar-refractivity contribution is -0.176. The third kappa shape index (κ3) is 4.37. The van der Waals surface area contributed by atoms with Crippen LogP contribution in [0.5, 0.6) is 0 Å². The Labute approximate surface area is 106 Å². The molecule has 1 saturated heterocycles. The molecule has 0 spiro atoms. The van der Waals surface area contributed by atoms with E-state index in [2.05, 4.69) is 0 Å². The second kappa shape index (κ2) is 4.99. The molecular formula is C9H12F3NO5S. The Kier molecular flexibility index (Phi) is 4.13. The molecule has 1 fully saturated rings. The molecule has 0 radical (unpaired) electrons. The summed E-state index contributed by atoms with van der Waals surface area (Å²) >= 11 is 0. The molecule has 0 aromatic carbocycles. The molecule has 0 aromatic rings. The zero-order valence-electron chi connectivity index (χ0n) is 9.66. The van der Waals surface area contributed by atoms with Crippen molar-refractivity contribution in [3.63, 3.8) is 0 Å². The van der Waals surface area contributed by atoms with Crippen molar-refractivity contribution in [2.45, 2.75) is 31.0 Å². The molecule has 0 saturated carbocycles. The molecule has 0 aliphatic carbocycles. The number of carbonyl (C=O) groups excluding carboxylic acids is 1. The molecule has 1 atom stereocenters. The van der Waals surface area contributed by atoms with Gasteiger partial charge in [0.1, 0.15) is 0 Å².